The molecule has 1 amide bonds. The maximum Gasteiger partial charge on any atom is 0.348 e. The van der Waals surface area contributed by atoms with Crippen molar-refractivity contribution in [2.45, 2.75) is 13.3 Å². The fourth-order valence-corrected chi connectivity index (χ4v) is 4.13. The Hall–Kier alpha value is -3.80. The molecule has 11 nitrogen and oxygen atoms in total. The van der Waals surface area contributed by atoms with Crippen LogP contribution in [0.15, 0.2) is 12.1 Å². The Bertz CT molecular complexity index is 1070. The van der Waals surface area contributed by atoms with E-state index in [1.165, 1.54) is 42.5 Å². The van der Waals surface area contributed by atoms with Gasteiger partial charge in [0.05, 0.1) is 47.5 Å². The molecule has 1 aromatic heterocycles. The summed E-state index contributed by atoms with van der Waals surface area (Å²) in [5.74, 6) is -1.68. The van der Waals surface area contributed by atoms with Crippen molar-refractivity contribution in [1.29, 1.82) is 0 Å². The van der Waals surface area contributed by atoms with Crippen molar-refractivity contribution in [2.24, 2.45) is 0 Å². The molecule has 12 heteroatoms. The second-order valence-corrected chi connectivity index (χ2v) is 7.68. The average Bonchev–Trinajstić information content (AvgIpc) is 3.16. The fraction of sp³-hybridized carbons (Fsp3) is 0.364. The van der Waals surface area contributed by atoms with Gasteiger partial charge in [0.25, 0.3) is 5.91 Å². The van der Waals surface area contributed by atoms with E-state index >= 15 is 0 Å². The number of nitrogens with one attached hydrogen (secondary N) is 1. The number of anilines is 1. The van der Waals surface area contributed by atoms with E-state index in [-0.39, 0.29) is 21.9 Å². The largest absolute Gasteiger partial charge is 0.493 e. The number of carbonyl (C=O) groups is 4. The summed E-state index contributed by atoms with van der Waals surface area (Å²) in [5, 5.41) is 2.55. The summed E-state index contributed by atoms with van der Waals surface area (Å²) >= 11 is 0.852. The molecular weight excluding hydrogens is 470 g/mol. The minimum Gasteiger partial charge on any atom is -0.493 e. The highest BCUT2D eigenvalue weighted by atomic mass is 32.1. The minimum atomic E-state index is -0.737. The lowest BCUT2D eigenvalue weighted by Crippen LogP contribution is -2.22. The number of ether oxygens (including phenoxy) is 6. The highest BCUT2D eigenvalue weighted by Gasteiger charge is 2.27. The summed E-state index contributed by atoms with van der Waals surface area (Å²) in [5.41, 5.74) is 0.841. The number of methoxy groups -OCH3 is 5. The Morgan fingerprint density at radius 1 is 0.882 bits per heavy atom. The van der Waals surface area contributed by atoms with E-state index in [0.717, 1.165) is 11.3 Å². The van der Waals surface area contributed by atoms with Crippen molar-refractivity contribution < 1.29 is 47.6 Å². The van der Waals surface area contributed by atoms with E-state index in [1.54, 1.807) is 12.1 Å². The van der Waals surface area contributed by atoms with Crippen LogP contribution in [0.4, 0.5) is 5.00 Å². The molecule has 0 fully saturated rings. The van der Waals surface area contributed by atoms with Crippen LogP contribution in [0.1, 0.15) is 31.2 Å². The lowest BCUT2D eigenvalue weighted by molar-refractivity contribution is -0.146. The average molecular weight is 496 g/mol. The number of amides is 1. The van der Waals surface area contributed by atoms with Crippen LogP contribution in [0, 0.1) is 6.92 Å². The Balaban J connectivity index is 2.09. The van der Waals surface area contributed by atoms with Gasteiger partial charge in [-0.2, -0.15) is 0 Å². The molecule has 34 heavy (non-hydrogen) atoms. The van der Waals surface area contributed by atoms with Crippen LogP contribution < -0.4 is 19.5 Å². The monoisotopic (exact) mass is 495 g/mol. The third-order valence-electron chi connectivity index (χ3n) is 4.60. The molecule has 0 aliphatic rings. The van der Waals surface area contributed by atoms with Crippen LogP contribution in [-0.2, 0) is 30.2 Å². The topological polar surface area (TPSA) is 136 Å². The van der Waals surface area contributed by atoms with Gasteiger partial charge in [0.15, 0.2) is 18.1 Å². The zero-order chi connectivity index (χ0) is 25.4. The first-order valence-electron chi connectivity index (χ1n) is 9.74. The van der Waals surface area contributed by atoms with Crippen molar-refractivity contribution in [3.05, 3.63) is 33.7 Å². The zero-order valence-electron chi connectivity index (χ0n) is 19.6. The van der Waals surface area contributed by atoms with Gasteiger partial charge in [-0.3, -0.25) is 9.59 Å². The maximum atomic E-state index is 12.4. The Kier molecular flexibility index (Phi) is 9.25. The number of thiophene rings is 1. The smallest absolute Gasteiger partial charge is 0.348 e. The van der Waals surface area contributed by atoms with Crippen molar-refractivity contribution in [2.75, 3.05) is 47.5 Å². The van der Waals surface area contributed by atoms with Gasteiger partial charge in [0, 0.05) is 0 Å². The van der Waals surface area contributed by atoms with Crippen LogP contribution in [-0.4, -0.2) is 66.0 Å². The number of hydrogen-bond acceptors (Lipinski definition) is 11. The van der Waals surface area contributed by atoms with Gasteiger partial charge >= 0.3 is 17.9 Å². The second-order valence-electron chi connectivity index (χ2n) is 6.66. The normalized spacial score (nSPS) is 10.2. The van der Waals surface area contributed by atoms with Gasteiger partial charge in [-0.05, 0) is 30.2 Å². The third kappa shape index (κ3) is 5.95. The molecule has 0 saturated heterocycles. The third-order valence-corrected chi connectivity index (χ3v) is 5.78. The van der Waals surface area contributed by atoms with Crippen LogP contribution in [0.25, 0.3) is 0 Å². The van der Waals surface area contributed by atoms with Crippen molar-refractivity contribution in [3.8, 4) is 17.2 Å². The molecule has 1 heterocycles. The van der Waals surface area contributed by atoms with Gasteiger partial charge < -0.3 is 33.7 Å². The maximum absolute atomic E-state index is 12.4. The molecule has 0 radical (unpaired) electrons. The first-order valence-corrected chi connectivity index (χ1v) is 10.6. The van der Waals surface area contributed by atoms with Crippen LogP contribution >= 0.6 is 11.3 Å². The second kappa shape index (κ2) is 11.9. The summed E-state index contributed by atoms with van der Waals surface area (Å²) in [4.78, 5) is 48.9. The van der Waals surface area contributed by atoms with Gasteiger partial charge in [0.1, 0.15) is 9.88 Å². The summed E-state index contributed by atoms with van der Waals surface area (Å²) in [6.07, 6.45) is -0.165. The molecule has 0 saturated carbocycles. The van der Waals surface area contributed by atoms with Gasteiger partial charge in [0.2, 0.25) is 5.75 Å². The first-order chi connectivity index (χ1) is 16.2. The molecule has 184 valence electrons. The number of carbonyl (C=O) groups excluding carboxylic acids is 4. The Labute approximate surface area is 199 Å². The molecule has 0 atom stereocenters. The van der Waals surface area contributed by atoms with Gasteiger partial charge in [-0.15, -0.1) is 11.3 Å². The number of rotatable bonds is 10. The van der Waals surface area contributed by atoms with E-state index in [2.05, 4.69) is 5.32 Å². The van der Waals surface area contributed by atoms with E-state index in [9.17, 15) is 19.2 Å². The Morgan fingerprint density at radius 3 is 1.97 bits per heavy atom. The molecule has 0 unspecified atom stereocenters. The van der Waals surface area contributed by atoms with Crippen molar-refractivity contribution in [3.63, 3.8) is 0 Å². The highest BCUT2D eigenvalue weighted by Crippen LogP contribution is 2.38. The SMILES string of the molecule is COC(=O)c1sc(NC(=O)COC(=O)Cc2cc(OC)c(OC)c(OC)c2)c(C(=O)OC)c1C. The number of hydrogen-bond donors (Lipinski definition) is 1. The predicted octanol–water partition coefficient (Wildman–Crippen LogP) is 2.38. The molecule has 0 aliphatic heterocycles. The predicted molar refractivity (Wildman–Crippen MR) is 121 cm³/mol. The van der Waals surface area contributed by atoms with E-state index in [4.69, 9.17) is 28.4 Å². The lowest BCUT2D eigenvalue weighted by Gasteiger charge is -2.14. The summed E-state index contributed by atoms with van der Waals surface area (Å²) in [6, 6.07) is 3.18. The van der Waals surface area contributed by atoms with Gasteiger partial charge in [-0.25, -0.2) is 9.59 Å². The van der Waals surface area contributed by atoms with Crippen molar-refractivity contribution in [1.82, 2.24) is 0 Å². The summed E-state index contributed by atoms with van der Waals surface area (Å²) < 4.78 is 30.2. The summed E-state index contributed by atoms with van der Waals surface area (Å²) in [7, 11) is 6.73. The van der Waals surface area contributed by atoms with Crippen LogP contribution in [0.3, 0.4) is 0 Å². The first kappa shape index (κ1) is 26.5. The number of esters is 3. The van der Waals surface area contributed by atoms with E-state index in [0.29, 0.717) is 28.4 Å². The molecule has 0 aliphatic carbocycles. The van der Waals surface area contributed by atoms with E-state index < -0.39 is 30.4 Å². The standard InChI is InChI=1S/C22H25NO10S/c1-11-17(21(26)31-5)20(34-19(11)22(27)32-6)23-15(24)10-33-16(25)9-12-7-13(28-2)18(30-4)14(8-12)29-3/h7-8H,9-10H2,1-6H3,(H,23,24). The highest BCUT2D eigenvalue weighted by molar-refractivity contribution is 7.18. The molecule has 2 aromatic rings. The van der Waals surface area contributed by atoms with Crippen molar-refractivity contribution >= 4 is 40.2 Å². The number of benzene rings is 1. The minimum absolute atomic E-state index is 0.0185. The lowest BCUT2D eigenvalue weighted by atomic mass is 10.1. The van der Waals surface area contributed by atoms with Crippen LogP contribution in [0.2, 0.25) is 0 Å². The fourth-order valence-electron chi connectivity index (χ4n) is 3.00. The quantitative estimate of drug-likeness (QED) is 0.386. The van der Waals surface area contributed by atoms with E-state index in [1.807, 2.05) is 0 Å². The molecule has 1 N–H and O–H groups in total. The molecule has 0 bridgehead atoms. The Morgan fingerprint density at radius 2 is 1.47 bits per heavy atom. The zero-order valence-corrected chi connectivity index (χ0v) is 20.4. The summed E-state index contributed by atoms with van der Waals surface area (Å²) in [6.45, 7) is 0.913. The molecule has 2 rings (SSSR count). The van der Waals surface area contributed by atoms with Gasteiger partial charge in [-0.1, -0.05) is 0 Å². The molecule has 1 aromatic carbocycles. The van der Waals surface area contributed by atoms with Crippen LogP contribution in [0.5, 0.6) is 17.2 Å². The molecule has 0 spiro atoms. The molecular formula is C22H25NO10S.